The second kappa shape index (κ2) is 6.41. The average Bonchev–Trinajstić information content (AvgIpc) is 2.63. The lowest BCUT2D eigenvalue weighted by atomic mass is 9.97. The summed E-state index contributed by atoms with van der Waals surface area (Å²) in [6.07, 6.45) is 4.51. The molecule has 2 aliphatic rings. The third kappa shape index (κ3) is 3.32. The Morgan fingerprint density at radius 3 is 2.70 bits per heavy atom. The number of hydrogen-bond acceptors (Lipinski definition) is 4. The van der Waals surface area contributed by atoms with Crippen molar-refractivity contribution in [3.05, 3.63) is 0 Å². The molecule has 3 atom stereocenters. The van der Waals surface area contributed by atoms with Crippen LogP contribution >= 0.6 is 0 Å². The van der Waals surface area contributed by atoms with Crippen LogP contribution in [0.4, 0.5) is 0 Å². The van der Waals surface area contributed by atoms with Crippen molar-refractivity contribution in [2.24, 2.45) is 0 Å². The van der Waals surface area contributed by atoms with Crippen molar-refractivity contribution in [1.82, 2.24) is 15.1 Å². The van der Waals surface area contributed by atoms with Crippen LogP contribution in [0.5, 0.6) is 0 Å². The molecule has 0 radical (unpaired) electrons. The van der Waals surface area contributed by atoms with Gasteiger partial charge in [0, 0.05) is 25.2 Å². The first-order chi connectivity index (χ1) is 9.46. The Balaban J connectivity index is 1.89. The molecular formula is C15H29N3O2. The zero-order valence-electron chi connectivity index (χ0n) is 13.1. The molecule has 0 aromatic rings. The maximum Gasteiger partial charge on any atom is 0.323 e. The molecule has 5 nitrogen and oxygen atoms in total. The minimum absolute atomic E-state index is 0.664. The van der Waals surface area contributed by atoms with Crippen molar-refractivity contribution in [3.63, 3.8) is 0 Å². The maximum atomic E-state index is 11.4. The van der Waals surface area contributed by atoms with Gasteiger partial charge in [0.25, 0.3) is 0 Å². The number of rotatable bonds is 6. The summed E-state index contributed by atoms with van der Waals surface area (Å²) < 4.78 is 0. The topological polar surface area (TPSA) is 55.8 Å². The normalized spacial score (nSPS) is 30.9. The fourth-order valence-corrected chi connectivity index (χ4v) is 3.63. The SMILES string of the molecule is CCNC(C)(CCN1CCC2CCC(C1)N2C)C(=O)O. The number of nitrogens with one attached hydrogen (secondary N) is 1. The molecular weight excluding hydrogens is 254 g/mol. The Bertz CT molecular complexity index is 350. The number of aliphatic carboxylic acids is 1. The number of carboxylic acids is 1. The van der Waals surface area contributed by atoms with Crippen LogP contribution in [0.25, 0.3) is 0 Å². The minimum Gasteiger partial charge on any atom is -0.480 e. The number of likely N-dealkylation sites (N-methyl/N-ethyl adjacent to an activating group) is 2. The highest BCUT2D eigenvalue weighted by Gasteiger charge is 2.36. The van der Waals surface area contributed by atoms with Gasteiger partial charge in [-0.3, -0.25) is 9.69 Å². The summed E-state index contributed by atoms with van der Waals surface area (Å²) >= 11 is 0. The van der Waals surface area contributed by atoms with E-state index in [0.29, 0.717) is 19.0 Å². The molecule has 2 rings (SSSR count). The number of carbonyl (C=O) groups is 1. The smallest absolute Gasteiger partial charge is 0.323 e. The molecule has 2 saturated heterocycles. The lowest BCUT2D eigenvalue weighted by molar-refractivity contribution is -0.144. The summed E-state index contributed by atoms with van der Waals surface area (Å²) in [5, 5.41) is 12.5. The molecule has 2 aliphatic heterocycles. The first-order valence-electron chi connectivity index (χ1n) is 7.89. The molecule has 0 aromatic heterocycles. The molecule has 0 spiro atoms. The Hall–Kier alpha value is -0.650. The van der Waals surface area contributed by atoms with Gasteiger partial charge in [0.1, 0.15) is 5.54 Å². The monoisotopic (exact) mass is 283 g/mol. The Kier molecular flexibility index (Phi) is 5.04. The van der Waals surface area contributed by atoms with Gasteiger partial charge in [0.2, 0.25) is 0 Å². The van der Waals surface area contributed by atoms with E-state index in [2.05, 4.69) is 22.2 Å². The summed E-state index contributed by atoms with van der Waals surface area (Å²) in [7, 11) is 2.24. The van der Waals surface area contributed by atoms with Gasteiger partial charge < -0.3 is 15.3 Å². The van der Waals surface area contributed by atoms with Crippen LogP contribution in [0, 0.1) is 0 Å². The molecule has 2 fully saturated rings. The maximum absolute atomic E-state index is 11.4. The summed E-state index contributed by atoms with van der Waals surface area (Å²) in [6.45, 7) is 7.52. The Labute approximate surface area is 122 Å². The first-order valence-corrected chi connectivity index (χ1v) is 7.89. The van der Waals surface area contributed by atoms with E-state index in [1.54, 1.807) is 6.92 Å². The van der Waals surface area contributed by atoms with E-state index < -0.39 is 11.5 Å². The summed E-state index contributed by atoms with van der Waals surface area (Å²) in [5.74, 6) is -0.743. The van der Waals surface area contributed by atoms with E-state index in [1.165, 1.54) is 19.3 Å². The zero-order valence-corrected chi connectivity index (χ0v) is 13.1. The predicted octanol–water partition coefficient (Wildman–Crippen LogP) is 0.998. The number of nitrogens with zero attached hydrogens (tertiary/aromatic N) is 2. The molecule has 0 aliphatic carbocycles. The molecule has 116 valence electrons. The number of fused-ring (bicyclic) bond motifs is 2. The van der Waals surface area contributed by atoms with Crippen LogP contribution in [0.15, 0.2) is 0 Å². The Morgan fingerprint density at radius 2 is 2.05 bits per heavy atom. The van der Waals surface area contributed by atoms with E-state index in [1.807, 2.05) is 6.92 Å². The molecule has 2 N–H and O–H groups in total. The van der Waals surface area contributed by atoms with Gasteiger partial charge in [-0.2, -0.15) is 0 Å². The van der Waals surface area contributed by atoms with Crippen molar-refractivity contribution < 1.29 is 9.90 Å². The molecule has 2 bridgehead atoms. The van der Waals surface area contributed by atoms with Crippen molar-refractivity contribution in [2.45, 2.75) is 57.2 Å². The van der Waals surface area contributed by atoms with Gasteiger partial charge in [-0.1, -0.05) is 6.92 Å². The molecule has 3 unspecified atom stereocenters. The number of likely N-dealkylation sites (tertiary alicyclic amines) is 1. The molecule has 0 aromatic carbocycles. The van der Waals surface area contributed by atoms with E-state index in [-0.39, 0.29) is 0 Å². The minimum atomic E-state index is -0.800. The van der Waals surface area contributed by atoms with E-state index >= 15 is 0 Å². The molecule has 0 saturated carbocycles. The predicted molar refractivity (Wildman–Crippen MR) is 80.0 cm³/mol. The van der Waals surface area contributed by atoms with Crippen LogP contribution in [0.2, 0.25) is 0 Å². The summed E-state index contributed by atoms with van der Waals surface area (Å²) in [4.78, 5) is 16.4. The fourth-order valence-electron chi connectivity index (χ4n) is 3.63. The third-order valence-corrected chi connectivity index (χ3v) is 5.20. The summed E-state index contributed by atoms with van der Waals surface area (Å²) in [6, 6.07) is 1.40. The lowest BCUT2D eigenvalue weighted by Gasteiger charge is -2.31. The van der Waals surface area contributed by atoms with Crippen LogP contribution < -0.4 is 5.32 Å². The molecule has 20 heavy (non-hydrogen) atoms. The molecule has 0 amide bonds. The van der Waals surface area contributed by atoms with Crippen molar-refractivity contribution in [2.75, 3.05) is 33.2 Å². The van der Waals surface area contributed by atoms with Crippen molar-refractivity contribution in [3.8, 4) is 0 Å². The third-order valence-electron chi connectivity index (χ3n) is 5.20. The fraction of sp³-hybridized carbons (Fsp3) is 0.933. The van der Waals surface area contributed by atoms with Gasteiger partial charge in [-0.15, -0.1) is 0 Å². The first kappa shape index (κ1) is 15.7. The highest BCUT2D eigenvalue weighted by atomic mass is 16.4. The second-order valence-electron chi connectivity index (χ2n) is 6.56. The van der Waals surface area contributed by atoms with Crippen LogP contribution in [0.1, 0.15) is 39.5 Å². The van der Waals surface area contributed by atoms with Crippen LogP contribution in [0.3, 0.4) is 0 Å². The van der Waals surface area contributed by atoms with Gasteiger partial charge in [-0.05, 0) is 52.7 Å². The van der Waals surface area contributed by atoms with Crippen molar-refractivity contribution >= 4 is 5.97 Å². The second-order valence-corrected chi connectivity index (χ2v) is 6.56. The Morgan fingerprint density at radius 1 is 1.35 bits per heavy atom. The number of hydrogen-bond donors (Lipinski definition) is 2. The average molecular weight is 283 g/mol. The van der Waals surface area contributed by atoms with Gasteiger partial charge in [0.05, 0.1) is 0 Å². The van der Waals surface area contributed by atoms with Gasteiger partial charge >= 0.3 is 5.97 Å². The summed E-state index contributed by atoms with van der Waals surface area (Å²) in [5.41, 5.74) is -0.800. The molecule has 5 heteroatoms. The lowest BCUT2D eigenvalue weighted by Crippen LogP contribution is -2.51. The molecule has 2 heterocycles. The van der Waals surface area contributed by atoms with E-state index in [9.17, 15) is 9.90 Å². The standard InChI is InChI=1S/C15H29N3O2/c1-4-16-15(2,14(19)20)8-10-18-9-7-12-5-6-13(11-18)17(12)3/h12-13,16H,4-11H2,1-3H3,(H,19,20). The van der Waals surface area contributed by atoms with E-state index in [0.717, 1.165) is 25.7 Å². The zero-order chi connectivity index (χ0) is 14.8. The van der Waals surface area contributed by atoms with Crippen LogP contribution in [-0.2, 0) is 4.79 Å². The quantitative estimate of drug-likeness (QED) is 0.761. The van der Waals surface area contributed by atoms with Crippen molar-refractivity contribution in [1.29, 1.82) is 0 Å². The van der Waals surface area contributed by atoms with Gasteiger partial charge in [0.15, 0.2) is 0 Å². The van der Waals surface area contributed by atoms with Crippen LogP contribution in [-0.4, -0.2) is 71.7 Å². The number of carboxylic acid groups (broad SMARTS) is 1. The highest BCUT2D eigenvalue weighted by Crippen LogP contribution is 2.28. The van der Waals surface area contributed by atoms with Gasteiger partial charge in [-0.25, -0.2) is 0 Å². The van der Waals surface area contributed by atoms with E-state index in [4.69, 9.17) is 0 Å². The largest absolute Gasteiger partial charge is 0.480 e. The highest BCUT2D eigenvalue weighted by molar-refractivity contribution is 5.78.